The minimum Gasteiger partial charge on any atom is -0.507 e. The van der Waals surface area contributed by atoms with Gasteiger partial charge >= 0.3 is 0 Å². The van der Waals surface area contributed by atoms with Gasteiger partial charge < -0.3 is 15.2 Å². The molecule has 2 aliphatic rings. The predicted octanol–water partition coefficient (Wildman–Crippen LogP) is 4.22. The summed E-state index contributed by atoms with van der Waals surface area (Å²) in [5.41, 5.74) is 3.90. The molecule has 7 heteroatoms. The van der Waals surface area contributed by atoms with Crippen molar-refractivity contribution in [1.29, 1.82) is 0 Å². The molecule has 0 spiro atoms. The molecule has 0 saturated carbocycles. The number of alkyl halides is 1. The van der Waals surface area contributed by atoms with Crippen molar-refractivity contribution in [2.45, 2.75) is 57.0 Å². The zero-order valence-corrected chi connectivity index (χ0v) is 17.3. The third-order valence-corrected chi connectivity index (χ3v) is 6.19. The number of phenols is 1. The van der Waals surface area contributed by atoms with Gasteiger partial charge in [-0.1, -0.05) is 12.5 Å². The fourth-order valence-corrected chi connectivity index (χ4v) is 4.61. The number of halogens is 1. The number of piperidine rings is 2. The van der Waals surface area contributed by atoms with Crippen molar-refractivity contribution in [1.82, 2.24) is 20.5 Å². The number of aromatic hydroxyl groups is 1. The maximum atomic E-state index is 14.7. The van der Waals surface area contributed by atoms with Gasteiger partial charge in [0.15, 0.2) is 6.17 Å². The summed E-state index contributed by atoms with van der Waals surface area (Å²) in [5.74, 6) is 0.421. The average molecular weight is 420 g/mol. The SMILES string of the molecule is Cc1cc(-c2ccc(-c3ccc(O[C@@H]4C[C@H]5CCC[C@H](N5)[C@@H]4F)nn3)c(O)c2)ccn1. The Bertz CT molecular complexity index is 1080. The van der Waals surface area contributed by atoms with Crippen LogP contribution in [0.15, 0.2) is 48.7 Å². The van der Waals surface area contributed by atoms with E-state index in [0.29, 0.717) is 29.6 Å². The van der Waals surface area contributed by atoms with Gasteiger partial charge in [0.1, 0.15) is 11.9 Å². The van der Waals surface area contributed by atoms with Crippen LogP contribution in [0.1, 0.15) is 31.4 Å². The molecule has 2 saturated heterocycles. The zero-order chi connectivity index (χ0) is 21.4. The van der Waals surface area contributed by atoms with Crippen molar-refractivity contribution >= 4 is 0 Å². The predicted molar refractivity (Wildman–Crippen MR) is 116 cm³/mol. The van der Waals surface area contributed by atoms with Crippen LogP contribution in [0.25, 0.3) is 22.4 Å². The van der Waals surface area contributed by atoms with E-state index in [9.17, 15) is 9.50 Å². The summed E-state index contributed by atoms with van der Waals surface area (Å²) in [4.78, 5) is 4.20. The first-order chi connectivity index (χ1) is 15.1. The standard InChI is InChI=1S/C24H25FN4O2/c1-14-11-16(9-10-26-14)15-5-6-18(21(30)12-15)19-7-8-23(29-28-19)31-22-13-17-3-2-4-20(27-17)24(22)25/h5-12,17,20,22,24,27,30H,2-4,13H2,1H3/t17-,20+,22-,24+/m1/s1. The summed E-state index contributed by atoms with van der Waals surface area (Å²) in [5, 5.41) is 22.3. The molecular weight excluding hydrogens is 395 g/mol. The molecule has 2 bridgehead atoms. The molecule has 3 aromatic rings. The first-order valence-corrected chi connectivity index (χ1v) is 10.7. The summed E-state index contributed by atoms with van der Waals surface area (Å²) in [6.07, 6.45) is 3.79. The van der Waals surface area contributed by atoms with Crippen molar-refractivity contribution < 1.29 is 14.2 Å². The summed E-state index contributed by atoms with van der Waals surface area (Å²) in [7, 11) is 0. The normalized spacial score (nSPS) is 25.2. The number of benzene rings is 1. The van der Waals surface area contributed by atoms with E-state index < -0.39 is 12.3 Å². The van der Waals surface area contributed by atoms with Crippen molar-refractivity contribution in [2.75, 3.05) is 0 Å². The Balaban J connectivity index is 1.32. The maximum Gasteiger partial charge on any atom is 0.233 e. The summed E-state index contributed by atoms with van der Waals surface area (Å²) in [6, 6.07) is 12.9. The van der Waals surface area contributed by atoms with Gasteiger partial charge in [-0.3, -0.25) is 4.98 Å². The molecule has 6 nitrogen and oxygen atoms in total. The van der Waals surface area contributed by atoms with Crippen LogP contribution >= 0.6 is 0 Å². The van der Waals surface area contributed by atoms with Gasteiger partial charge in [-0.2, -0.15) is 0 Å². The van der Waals surface area contributed by atoms with Crippen molar-refractivity contribution in [3.05, 3.63) is 54.4 Å². The number of hydrogen-bond donors (Lipinski definition) is 2. The molecule has 0 aliphatic carbocycles. The van der Waals surface area contributed by atoms with Crippen molar-refractivity contribution in [3.63, 3.8) is 0 Å². The smallest absolute Gasteiger partial charge is 0.233 e. The molecule has 0 radical (unpaired) electrons. The summed E-state index contributed by atoms with van der Waals surface area (Å²) >= 11 is 0. The quantitative estimate of drug-likeness (QED) is 0.658. The van der Waals surface area contributed by atoms with Crippen molar-refractivity contribution in [3.8, 4) is 34.0 Å². The highest BCUT2D eigenvalue weighted by Crippen LogP contribution is 2.34. The van der Waals surface area contributed by atoms with Crippen LogP contribution in [0, 0.1) is 6.92 Å². The first-order valence-electron chi connectivity index (χ1n) is 10.7. The van der Waals surface area contributed by atoms with Gasteiger partial charge in [0.05, 0.1) is 5.69 Å². The van der Waals surface area contributed by atoms with E-state index in [1.165, 1.54) is 0 Å². The topological polar surface area (TPSA) is 80.2 Å². The molecule has 2 fully saturated rings. The van der Waals surface area contributed by atoms with Crippen LogP contribution in [0.3, 0.4) is 0 Å². The minimum absolute atomic E-state index is 0.116. The molecule has 5 rings (SSSR count). The van der Waals surface area contributed by atoms with E-state index >= 15 is 0 Å². The lowest BCUT2D eigenvalue weighted by molar-refractivity contribution is 0.00652. The molecule has 2 aromatic heterocycles. The highest BCUT2D eigenvalue weighted by atomic mass is 19.1. The lowest BCUT2D eigenvalue weighted by Crippen LogP contribution is -2.59. The van der Waals surface area contributed by atoms with E-state index in [-0.39, 0.29) is 11.8 Å². The Labute approximate surface area is 180 Å². The van der Waals surface area contributed by atoms with Gasteiger partial charge in [-0.25, -0.2) is 4.39 Å². The van der Waals surface area contributed by atoms with Gasteiger partial charge in [0.25, 0.3) is 0 Å². The third-order valence-electron chi connectivity index (χ3n) is 6.19. The van der Waals surface area contributed by atoms with Gasteiger partial charge in [0.2, 0.25) is 5.88 Å². The molecule has 160 valence electrons. The van der Waals surface area contributed by atoms with Crippen LogP contribution in [-0.4, -0.2) is 44.6 Å². The monoisotopic (exact) mass is 420 g/mol. The Morgan fingerprint density at radius 1 is 1.06 bits per heavy atom. The Hall–Kier alpha value is -3.06. The van der Waals surface area contributed by atoms with E-state index in [1.54, 1.807) is 24.4 Å². The van der Waals surface area contributed by atoms with Crippen LogP contribution in [0.4, 0.5) is 4.39 Å². The van der Waals surface area contributed by atoms with Crippen LogP contribution in [0.5, 0.6) is 11.6 Å². The lowest BCUT2D eigenvalue weighted by Gasteiger charge is -2.42. The number of nitrogens with one attached hydrogen (secondary N) is 1. The van der Waals surface area contributed by atoms with E-state index in [1.807, 2.05) is 31.2 Å². The molecular formula is C24H25FN4O2. The van der Waals surface area contributed by atoms with Crippen molar-refractivity contribution in [2.24, 2.45) is 0 Å². The number of hydrogen-bond acceptors (Lipinski definition) is 6. The number of aryl methyl sites for hydroxylation is 1. The number of fused-ring (bicyclic) bond motifs is 2. The number of pyridine rings is 1. The molecule has 4 heterocycles. The third kappa shape index (κ3) is 4.10. The van der Waals surface area contributed by atoms with Gasteiger partial charge in [-0.15, -0.1) is 10.2 Å². The zero-order valence-electron chi connectivity index (χ0n) is 17.3. The minimum atomic E-state index is -1.05. The van der Waals surface area contributed by atoms with E-state index in [2.05, 4.69) is 20.5 Å². The molecule has 4 atom stereocenters. The van der Waals surface area contributed by atoms with Gasteiger partial charge in [0, 0.05) is 42.0 Å². The number of nitrogens with zero attached hydrogens (tertiary/aromatic N) is 3. The fourth-order valence-electron chi connectivity index (χ4n) is 4.61. The first kappa shape index (κ1) is 19.9. The van der Waals surface area contributed by atoms with E-state index in [4.69, 9.17) is 4.74 Å². The number of rotatable bonds is 4. The molecule has 2 aliphatic heterocycles. The number of aromatic nitrogens is 3. The molecule has 31 heavy (non-hydrogen) atoms. The second kappa shape index (κ2) is 8.23. The Morgan fingerprint density at radius 2 is 1.94 bits per heavy atom. The molecule has 0 amide bonds. The number of phenolic OH excluding ortho intramolecular Hbond substituents is 1. The van der Waals surface area contributed by atoms with Crippen LogP contribution < -0.4 is 10.1 Å². The number of ether oxygens (including phenoxy) is 1. The Kier molecular flexibility index (Phi) is 5.28. The second-order valence-electron chi connectivity index (χ2n) is 8.41. The fraction of sp³-hybridized carbons (Fsp3) is 0.375. The molecule has 2 N–H and O–H groups in total. The summed E-state index contributed by atoms with van der Waals surface area (Å²) in [6.45, 7) is 1.93. The Morgan fingerprint density at radius 3 is 2.71 bits per heavy atom. The second-order valence-corrected chi connectivity index (χ2v) is 8.41. The van der Waals surface area contributed by atoms with Gasteiger partial charge in [-0.05, 0) is 61.2 Å². The van der Waals surface area contributed by atoms with E-state index in [0.717, 1.165) is 36.1 Å². The largest absolute Gasteiger partial charge is 0.507 e. The summed E-state index contributed by atoms with van der Waals surface area (Å²) < 4.78 is 20.6. The van der Waals surface area contributed by atoms with Crippen LogP contribution in [-0.2, 0) is 0 Å². The average Bonchev–Trinajstić information content (AvgIpc) is 2.78. The maximum absolute atomic E-state index is 14.7. The highest BCUT2D eigenvalue weighted by Gasteiger charge is 2.41. The van der Waals surface area contributed by atoms with Crippen LogP contribution in [0.2, 0.25) is 0 Å². The molecule has 0 unspecified atom stereocenters. The molecule has 1 aromatic carbocycles. The lowest BCUT2D eigenvalue weighted by atomic mass is 9.84. The highest BCUT2D eigenvalue weighted by molar-refractivity contribution is 5.74.